The van der Waals surface area contributed by atoms with Crippen molar-refractivity contribution in [3.63, 3.8) is 0 Å². The summed E-state index contributed by atoms with van der Waals surface area (Å²) in [6, 6.07) is 2.00. The van der Waals surface area contributed by atoms with Gasteiger partial charge in [-0.25, -0.2) is 9.48 Å². The standard InChI is InChI=1S/C36H48N4O11/c1-20-9-12-27-35(5,26(20)11-10-24-13-16-47-19-24)14-8-15-36(27,6)34(45)37-17-25-18-40(39-38-25)32-30(50-23(4)43)28(48-21(2)41)29(49-22(3)42)31(51-32)33(44)46-7/h13,16,18-19,27-32H,8-12,14-15,17H2,1-7H3,(H,37,45)/t27-,28+,29+,30-,31+,32-,35-,36+/m1/s1. The zero-order valence-electron chi connectivity index (χ0n) is 30.3. The molecule has 3 heterocycles. The van der Waals surface area contributed by atoms with Crippen LogP contribution in [0, 0.1) is 16.7 Å². The molecular weight excluding hydrogens is 664 g/mol. The molecule has 2 aromatic rings. The number of aromatic nitrogens is 3. The smallest absolute Gasteiger partial charge is 0.339 e. The molecule has 1 saturated heterocycles. The van der Waals surface area contributed by atoms with Gasteiger partial charge in [0.25, 0.3) is 0 Å². The number of amides is 1. The number of fused-ring (bicyclic) bond motifs is 1. The van der Waals surface area contributed by atoms with Crippen molar-refractivity contribution in [2.24, 2.45) is 16.7 Å². The van der Waals surface area contributed by atoms with Gasteiger partial charge in [0.2, 0.25) is 5.91 Å². The second-order valence-corrected chi connectivity index (χ2v) is 14.2. The van der Waals surface area contributed by atoms with Gasteiger partial charge in [0.15, 0.2) is 30.6 Å². The van der Waals surface area contributed by atoms with Crippen molar-refractivity contribution < 1.29 is 52.1 Å². The number of hydrogen-bond donors (Lipinski definition) is 1. The molecule has 0 bridgehead atoms. The van der Waals surface area contributed by atoms with E-state index >= 15 is 0 Å². The van der Waals surface area contributed by atoms with Crippen molar-refractivity contribution in [2.75, 3.05) is 7.11 Å². The van der Waals surface area contributed by atoms with Crippen LogP contribution in [0.5, 0.6) is 0 Å². The molecule has 1 N–H and O–H groups in total. The van der Waals surface area contributed by atoms with Gasteiger partial charge in [-0.3, -0.25) is 19.2 Å². The number of nitrogens with one attached hydrogen (secondary N) is 1. The minimum Gasteiger partial charge on any atom is -0.472 e. The zero-order chi connectivity index (χ0) is 37.1. The summed E-state index contributed by atoms with van der Waals surface area (Å²) >= 11 is 0. The highest BCUT2D eigenvalue weighted by molar-refractivity contribution is 5.83. The lowest BCUT2D eigenvalue weighted by Crippen LogP contribution is -2.61. The SMILES string of the molecule is COC(=O)[C@H]1O[C@@H](n2cc(CNC(=O)[C@@]3(C)CCC[C@]4(C)C(CCc5ccoc5)=C(C)CC[C@@H]34)nn2)[C@H](OC(C)=O)[C@@H](OC(C)=O)[C@@H]1OC(C)=O. The van der Waals surface area contributed by atoms with Crippen molar-refractivity contribution in [3.8, 4) is 0 Å². The number of aryl methyl sites for hydroxylation is 1. The maximum Gasteiger partial charge on any atom is 0.339 e. The Morgan fingerprint density at radius 3 is 2.31 bits per heavy atom. The van der Waals surface area contributed by atoms with Gasteiger partial charge in [0.1, 0.15) is 5.69 Å². The maximum atomic E-state index is 14.1. The van der Waals surface area contributed by atoms with E-state index in [1.165, 1.54) is 22.0 Å². The Bertz CT molecular complexity index is 1650. The predicted molar refractivity (Wildman–Crippen MR) is 177 cm³/mol. The molecule has 51 heavy (non-hydrogen) atoms. The first-order valence-corrected chi connectivity index (χ1v) is 17.3. The van der Waals surface area contributed by atoms with Crippen LogP contribution >= 0.6 is 0 Å². The second kappa shape index (κ2) is 15.4. The van der Waals surface area contributed by atoms with Gasteiger partial charge in [-0.2, -0.15) is 0 Å². The first kappa shape index (κ1) is 37.7. The van der Waals surface area contributed by atoms with E-state index < -0.39 is 59.9 Å². The molecule has 278 valence electrons. The van der Waals surface area contributed by atoms with Gasteiger partial charge in [0.05, 0.1) is 37.8 Å². The molecule has 2 aliphatic carbocycles. The van der Waals surface area contributed by atoms with E-state index in [4.69, 9.17) is 28.1 Å². The summed E-state index contributed by atoms with van der Waals surface area (Å²) in [6.45, 7) is 10.0. The van der Waals surface area contributed by atoms with Gasteiger partial charge in [-0.15, -0.1) is 5.10 Å². The lowest BCUT2D eigenvalue weighted by molar-refractivity contribution is -0.265. The molecule has 8 atom stereocenters. The van der Waals surface area contributed by atoms with Crippen LogP contribution < -0.4 is 5.32 Å². The number of rotatable bonds is 11. The van der Waals surface area contributed by atoms with Crippen LogP contribution in [0.2, 0.25) is 0 Å². The van der Waals surface area contributed by atoms with E-state index in [1.54, 1.807) is 12.5 Å². The quantitative estimate of drug-likeness (QED) is 0.201. The molecule has 2 fully saturated rings. The normalized spacial score (nSPS) is 30.5. The summed E-state index contributed by atoms with van der Waals surface area (Å²) in [7, 11) is 1.11. The lowest BCUT2D eigenvalue weighted by atomic mass is 9.49. The summed E-state index contributed by atoms with van der Waals surface area (Å²) < 4.78 is 33.6. The topological polar surface area (TPSA) is 187 Å². The number of allylic oxidation sites excluding steroid dienone is 2. The van der Waals surface area contributed by atoms with E-state index in [2.05, 4.69) is 36.4 Å². The van der Waals surface area contributed by atoms with Gasteiger partial charge in [-0.1, -0.05) is 36.6 Å². The summed E-state index contributed by atoms with van der Waals surface area (Å²) in [5.41, 5.74) is 3.66. The number of nitrogens with zero attached hydrogens (tertiary/aromatic N) is 3. The molecule has 1 amide bonds. The molecule has 0 aromatic carbocycles. The van der Waals surface area contributed by atoms with Crippen molar-refractivity contribution in [3.05, 3.63) is 47.2 Å². The third-order valence-corrected chi connectivity index (χ3v) is 10.8. The van der Waals surface area contributed by atoms with Gasteiger partial charge >= 0.3 is 23.9 Å². The molecular formula is C36H48N4O11. The van der Waals surface area contributed by atoms with Crippen molar-refractivity contribution >= 4 is 29.8 Å². The number of esters is 4. The molecule has 1 saturated carbocycles. The first-order valence-electron chi connectivity index (χ1n) is 17.3. The summed E-state index contributed by atoms with van der Waals surface area (Å²) in [5.74, 6) is -3.20. The number of furan rings is 1. The minimum atomic E-state index is -1.58. The number of methoxy groups -OCH3 is 1. The Balaban J connectivity index is 1.35. The first-order chi connectivity index (χ1) is 24.2. The molecule has 2 aromatic heterocycles. The Morgan fingerprint density at radius 2 is 1.67 bits per heavy atom. The fourth-order valence-corrected chi connectivity index (χ4v) is 8.55. The zero-order valence-corrected chi connectivity index (χ0v) is 30.3. The minimum absolute atomic E-state index is 0.0366. The maximum absolute atomic E-state index is 14.1. The summed E-state index contributed by atoms with van der Waals surface area (Å²) in [4.78, 5) is 63.3. The Labute approximate surface area is 296 Å². The van der Waals surface area contributed by atoms with Crippen molar-refractivity contribution in [1.29, 1.82) is 0 Å². The van der Waals surface area contributed by atoms with Crippen LogP contribution in [0.1, 0.15) is 97.6 Å². The number of carbonyl (C=O) groups is 5. The lowest BCUT2D eigenvalue weighted by Gasteiger charge is -2.55. The average Bonchev–Trinajstić information content (AvgIpc) is 3.76. The number of carbonyl (C=O) groups excluding carboxylic acids is 5. The largest absolute Gasteiger partial charge is 0.472 e. The van der Waals surface area contributed by atoms with Gasteiger partial charge < -0.3 is 33.4 Å². The summed E-state index contributed by atoms with van der Waals surface area (Å²) in [6.07, 6.45) is 4.03. The molecule has 3 aliphatic rings. The summed E-state index contributed by atoms with van der Waals surface area (Å²) in [5, 5.41) is 11.4. The van der Waals surface area contributed by atoms with Gasteiger partial charge in [-0.05, 0) is 68.4 Å². The number of ether oxygens (including phenoxy) is 5. The van der Waals surface area contributed by atoms with Crippen molar-refractivity contribution in [1.82, 2.24) is 20.3 Å². The second-order valence-electron chi connectivity index (χ2n) is 14.2. The molecule has 5 rings (SSSR count). The third kappa shape index (κ3) is 7.87. The molecule has 0 spiro atoms. The predicted octanol–water partition coefficient (Wildman–Crippen LogP) is 3.91. The highest BCUT2D eigenvalue weighted by Crippen LogP contribution is 2.60. The van der Waals surface area contributed by atoms with E-state index in [9.17, 15) is 24.0 Å². The molecule has 15 heteroatoms. The fraction of sp³-hybridized carbons (Fsp3) is 0.639. The van der Waals surface area contributed by atoms with Gasteiger partial charge in [0, 0.05) is 20.8 Å². The Hall–Kier alpha value is -4.53. The van der Waals surface area contributed by atoms with Crippen LogP contribution in [-0.2, 0) is 60.6 Å². The highest BCUT2D eigenvalue weighted by atomic mass is 16.7. The third-order valence-electron chi connectivity index (χ3n) is 10.8. The molecule has 15 nitrogen and oxygen atoms in total. The Morgan fingerprint density at radius 1 is 0.980 bits per heavy atom. The van der Waals surface area contributed by atoms with E-state index in [0.29, 0.717) is 5.69 Å². The molecule has 0 radical (unpaired) electrons. The van der Waals surface area contributed by atoms with Crippen molar-refractivity contribution in [2.45, 2.75) is 124 Å². The van der Waals surface area contributed by atoms with Crippen LogP contribution in [0.3, 0.4) is 0 Å². The Kier molecular flexibility index (Phi) is 11.4. The molecule has 1 aliphatic heterocycles. The van der Waals surface area contributed by atoms with Crippen LogP contribution in [-0.4, -0.2) is 76.3 Å². The van der Waals surface area contributed by atoms with Crippen LogP contribution in [0.25, 0.3) is 0 Å². The van der Waals surface area contributed by atoms with E-state index in [1.807, 2.05) is 6.07 Å². The van der Waals surface area contributed by atoms with Crippen LogP contribution in [0.15, 0.2) is 40.4 Å². The van der Waals surface area contributed by atoms with E-state index in [0.717, 1.165) is 78.4 Å². The van der Waals surface area contributed by atoms with E-state index in [-0.39, 0.29) is 23.8 Å². The fourth-order valence-electron chi connectivity index (χ4n) is 8.55. The number of hydrogen-bond acceptors (Lipinski definition) is 13. The monoisotopic (exact) mass is 712 g/mol. The van der Waals surface area contributed by atoms with Crippen LogP contribution in [0.4, 0.5) is 0 Å². The highest BCUT2D eigenvalue weighted by Gasteiger charge is 2.57. The average molecular weight is 713 g/mol. The molecule has 0 unspecified atom stereocenters.